The van der Waals surface area contributed by atoms with Crippen LogP contribution in [-0.2, 0) is 6.54 Å². The lowest BCUT2D eigenvalue weighted by atomic mass is 10.1. The monoisotopic (exact) mass is 393 g/mol. The Morgan fingerprint density at radius 2 is 2.10 bits per heavy atom. The first-order chi connectivity index (χ1) is 14.1. The highest BCUT2D eigenvalue weighted by molar-refractivity contribution is 5.93. The fourth-order valence-electron chi connectivity index (χ4n) is 4.02. The second-order valence-corrected chi connectivity index (χ2v) is 7.77. The first-order valence-corrected chi connectivity index (χ1v) is 10.2. The Labute approximate surface area is 169 Å². The molecule has 7 nitrogen and oxygen atoms in total. The maximum atomic E-state index is 13.0. The second-order valence-electron chi connectivity index (χ2n) is 7.77. The van der Waals surface area contributed by atoms with Crippen LogP contribution < -0.4 is 16.2 Å². The van der Waals surface area contributed by atoms with Gasteiger partial charge in [-0.05, 0) is 74.2 Å². The molecule has 3 heterocycles. The van der Waals surface area contributed by atoms with Gasteiger partial charge in [0.25, 0.3) is 5.56 Å². The molecule has 1 saturated carbocycles. The minimum Gasteiger partial charge on any atom is -0.396 e. The van der Waals surface area contributed by atoms with Gasteiger partial charge < -0.3 is 20.3 Å². The highest BCUT2D eigenvalue weighted by Crippen LogP contribution is 2.30. The molecule has 152 valence electrons. The molecule has 1 aliphatic carbocycles. The molecule has 3 aromatic rings. The van der Waals surface area contributed by atoms with Gasteiger partial charge >= 0.3 is 0 Å². The molecule has 7 heteroatoms. The van der Waals surface area contributed by atoms with E-state index >= 15 is 0 Å². The average Bonchev–Trinajstić information content (AvgIpc) is 3.16. The number of pyridine rings is 3. The molecule has 3 aromatic heterocycles. The number of fused-ring (bicyclic) bond motifs is 1. The molecule has 0 spiro atoms. The van der Waals surface area contributed by atoms with Crippen LogP contribution in [0, 0.1) is 12.8 Å². The molecule has 0 unspecified atom stereocenters. The van der Waals surface area contributed by atoms with Gasteiger partial charge in [0, 0.05) is 31.6 Å². The molecule has 1 fully saturated rings. The summed E-state index contributed by atoms with van der Waals surface area (Å²) >= 11 is 0. The van der Waals surface area contributed by atoms with Crippen LogP contribution in [0.2, 0.25) is 0 Å². The third-order valence-corrected chi connectivity index (χ3v) is 5.61. The Kier molecular flexibility index (Phi) is 5.49. The van der Waals surface area contributed by atoms with Crippen molar-refractivity contribution in [3.63, 3.8) is 0 Å². The highest BCUT2D eigenvalue weighted by Gasteiger charge is 2.25. The predicted molar refractivity (Wildman–Crippen MR) is 116 cm³/mol. The summed E-state index contributed by atoms with van der Waals surface area (Å²) in [6.45, 7) is 4.78. The summed E-state index contributed by atoms with van der Waals surface area (Å²) in [5, 5.41) is 17.6. The molecule has 1 aliphatic rings. The van der Waals surface area contributed by atoms with Gasteiger partial charge in [0.05, 0.1) is 5.39 Å². The Bertz CT molecular complexity index is 1080. The predicted octanol–water partition coefficient (Wildman–Crippen LogP) is 3.44. The summed E-state index contributed by atoms with van der Waals surface area (Å²) < 4.78 is 1.69. The van der Waals surface area contributed by atoms with Gasteiger partial charge in [-0.3, -0.25) is 4.79 Å². The van der Waals surface area contributed by atoms with Gasteiger partial charge in [0.2, 0.25) is 0 Å². The number of anilines is 3. The maximum absolute atomic E-state index is 13.0. The quantitative estimate of drug-likeness (QED) is 0.594. The number of nitrogens with one attached hydrogen (secondary N) is 2. The minimum atomic E-state index is -0.0445. The normalized spacial score (nSPS) is 18.9. The molecule has 0 saturated heterocycles. The number of aromatic nitrogens is 3. The number of aliphatic hydroxyl groups excluding tert-OH is 1. The lowest BCUT2D eigenvalue weighted by Gasteiger charge is -2.17. The number of nitrogens with zero attached hydrogens (tertiary/aromatic N) is 3. The summed E-state index contributed by atoms with van der Waals surface area (Å²) in [6.07, 6.45) is 6.40. The lowest BCUT2D eigenvalue weighted by molar-refractivity contribution is 0.229. The molecule has 3 N–H and O–H groups in total. The second kappa shape index (κ2) is 8.21. The summed E-state index contributed by atoms with van der Waals surface area (Å²) in [5.74, 6) is 2.26. The van der Waals surface area contributed by atoms with E-state index in [4.69, 9.17) is 4.98 Å². The Morgan fingerprint density at radius 1 is 1.24 bits per heavy atom. The smallest absolute Gasteiger partial charge is 0.262 e. The summed E-state index contributed by atoms with van der Waals surface area (Å²) in [4.78, 5) is 22.1. The van der Waals surface area contributed by atoms with E-state index in [1.807, 2.05) is 44.3 Å². The van der Waals surface area contributed by atoms with E-state index in [2.05, 4.69) is 15.6 Å². The third kappa shape index (κ3) is 4.10. The summed E-state index contributed by atoms with van der Waals surface area (Å²) in [6, 6.07) is 7.93. The third-order valence-electron chi connectivity index (χ3n) is 5.61. The molecule has 0 aliphatic heterocycles. The molecule has 0 aromatic carbocycles. The van der Waals surface area contributed by atoms with Crippen molar-refractivity contribution in [1.29, 1.82) is 0 Å². The Morgan fingerprint density at radius 3 is 2.83 bits per heavy atom. The van der Waals surface area contributed by atoms with Crippen molar-refractivity contribution in [3.8, 4) is 0 Å². The minimum absolute atomic E-state index is 0.0445. The number of rotatable bonds is 6. The SMILES string of the molecule is CCn1ccc2cc(Nc3cc(C)ccn3)nc(N[C@@H]3CC[C@@H](CO)C3)c2c1=O. The van der Waals surface area contributed by atoms with Crippen LogP contribution >= 0.6 is 0 Å². The largest absolute Gasteiger partial charge is 0.396 e. The molecule has 0 amide bonds. The zero-order valence-electron chi connectivity index (χ0n) is 16.9. The van der Waals surface area contributed by atoms with E-state index in [1.165, 1.54) is 0 Å². The van der Waals surface area contributed by atoms with E-state index in [-0.39, 0.29) is 18.2 Å². The molecule has 2 atom stereocenters. The molecule has 0 radical (unpaired) electrons. The zero-order valence-corrected chi connectivity index (χ0v) is 16.9. The van der Waals surface area contributed by atoms with Crippen molar-refractivity contribution in [1.82, 2.24) is 14.5 Å². The fourth-order valence-corrected chi connectivity index (χ4v) is 4.02. The van der Waals surface area contributed by atoms with Crippen molar-refractivity contribution in [2.24, 2.45) is 5.92 Å². The van der Waals surface area contributed by atoms with E-state index in [9.17, 15) is 9.90 Å². The standard InChI is InChI=1S/C22H27N5O2/c1-3-27-9-7-16-12-19(25-18-10-14(2)6-8-23-18)26-21(20(16)22(27)29)24-17-5-4-15(11-17)13-28/h6-10,12,15,17,28H,3-5,11,13H2,1-2H3,(H2,23,24,25,26)/t15-,17-/m1/s1. The molecular formula is C22H27N5O2. The Balaban J connectivity index is 1.75. The van der Waals surface area contributed by atoms with Crippen LogP contribution in [-0.4, -0.2) is 32.3 Å². The van der Waals surface area contributed by atoms with E-state index in [0.717, 1.165) is 30.2 Å². The Hall–Kier alpha value is -2.93. The summed E-state index contributed by atoms with van der Waals surface area (Å²) in [7, 11) is 0. The van der Waals surface area contributed by atoms with Crippen molar-refractivity contribution in [3.05, 3.63) is 52.6 Å². The van der Waals surface area contributed by atoms with Crippen LogP contribution in [0.1, 0.15) is 31.7 Å². The molecular weight excluding hydrogens is 366 g/mol. The van der Waals surface area contributed by atoms with Gasteiger partial charge in [-0.25, -0.2) is 9.97 Å². The maximum Gasteiger partial charge on any atom is 0.262 e. The van der Waals surface area contributed by atoms with Crippen molar-refractivity contribution < 1.29 is 5.11 Å². The van der Waals surface area contributed by atoms with Crippen molar-refractivity contribution >= 4 is 28.2 Å². The highest BCUT2D eigenvalue weighted by atomic mass is 16.3. The van der Waals surface area contributed by atoms with Crippen molar-refractivity contribution in [2.75, 3.05) is 17.2 Å². The van der Waals surface area contributed by atoms with E-state index in [1.54, 1.807) is 10.8 Å². The molecule has 0 bridgehead atoms. The summed E-state index contributed by atoms with van der Waals surface area (Å²) in [5.41, 5.74) is 1.06. The lowest BCUT2D eigenvalue weighted by Crippen LogP contribution is -2.23. The first-order valence-electron chi connectivity index (χ1n) is 10.2. The number of aryl methyl sites for hydroxylation is 2. The van der Waals surface area contributed by atoms with Crippen LogP contribution in [0.15, 0.2) is 41.5 Å². The molecule has 4 rings (SSSR count). The van der Waals surface area contributed by atoms with Crippen LogP contribution in [0.5, 0.6) is 0 Å². The van der Waals surface area contributed by atoms with Gasteiger partial charge in [0.1, 0.15) is 17.5 Å². The van der Waals surface area contributed by atoms with Crippen LogP contribution in [0.4, 0.5) is 17.5 Å². The van der Waals surface area contributed by atoms with Gasteiger partial charge in [-0.2, -0.15) is 0 Å². The van der Waals surface area contributed by atoms with Gasteiger partial charge in [0.15, 0.2) is 0 Å². The zero-order chi connectivity index (χ0) is 20.4. The van der Waals surface area contributed by atoms with Gasteiger partial charge in [-0.15, -0.1) is 0 Å². The fraction of sp³-hybridized carbons (Fsp3) is 0.409. The van der Waals surface area contributed by atoms with Gasteiger partial charge in [-0.1, -0.05) is 0 Å². The number of hydrogen-bond acceptors (Lipinski definition) is 6. The number of aliphatic hydroxyl groups is 1. The van der Waals surface area contributed by atoms with E-state index < -0.39 is 0 Å². The average molecular weight is 393 g/mol. The van der Waals surface area contributed by atoms with Crippen molar-refractivity contribution in [2.45, 2.75) is 45.7 Å². The van der Waals surface area contributed by atoms with Crippen LogP contribution in [0.25, 0.3) is 10.8 Å². The van der Waals surface area contributed by atoms with E-state index in [0.29, 0.717) is 35.3 Å². The number of hydrogen-bond donors (Lipinski definition) is 3. The first kappa shape index (κ1) is 19.4. The van der Waals surface area contributed by atoms with Crippen LogP contribution in [0.3, 0.4) is 0 Å². The topological polar surface area (TPSA) is 92.1 Å². The molecule has 29 heavy (non-hydrogen) atoms.